The number of aromatic nitrogens is 3. The molecule has 0 saturated carbocycles. The third-order valence-corrected chi connectivity index (χ3v) is 5.15. The summed E-state index contributed by atoms with van der Waals surface area (Å²) in [6.07, 6.45) is -2.47. The molecular formula is C21H20F3N5O2. The summed E-state index contributed by atoms with van der Waals surface area (Å²) in [7, 11) is 1.50. The van der Waals surface area contributed by atoms with Gasteiger partial charge in [-0.15, -0.1) is 5.10 Å². The number of ether oxygens (including phenoxy) is 1. The normalized spacial score (nSPS) is 16.5. The fourth-order valence-corrected chi connectivity index (χ4v) is 3.61. The van der Waals surface area contributed by atoms with Crippen molar-refractivity contribution in [2.24, 2.45) is 0 Å². The molecule has 3 heterocycles. The third kappa shape index (κ3) is 4.05. The van der Waals surface area contributed by atoms with Crippen molar-refractivity contribution in [3.63, 3.8) is 0 Å². The minimum atomic E-state index is -4.41. The number of benzene rings is 1. The van der Waals surface area contributed by atoms with Gasteiger partial charge in [-0.05, 0) is 42.8 Å². The Hall–Kier alpha value is -3.56. The van der Waals surface area contributed by atoms with Crippen LogP contribution in [0.1, 0.15) is 12.0 Å². The molecule has 2 aromatic heterocycles. The molecule has 1 aliphatic heterocycles. The lowest BCUT2D eigenvalue weighted by Gasteiger charge is -2.16. The van der Waals surface area contributed by atoms with Crippen LogP contribution >= 0.6 is 0 Å². The van der Waals surface area contributed by atoms with Crippen LogP contribution in [0.5, 0.6) is 5.88 Å². The Kier molecular flexibility index (Phi) is 5.30. The molecule has 1 amide bonds. The first-order valence-electron chi connectivity index (χ1n) is 9.59. The molecule has 162 valence electrons. The number of alkyl halides is 3. The molecule has 1 fully saturated rings. The minimum absolute atomic E-state index is 0.0672. The number of methoxy groups -OCH3 is 1. The molecule has 0 radical (unpaired) electrons. The zero-order valence-corrected chi connectivity index (χ0v) is 16.7. The molecule has 4 rings (SSSR count). The SMILES string of the molecule is C=CC(=O)NC1CCN(c2nn(-c3ccc(C(F)(F)F)cc3)c3ccc(OC)nc23)C1. The van der Waals surface area contributed by atoms with Gasteiger partial charge in [-0.1, -0.05) is 6.58 Å². The molecule has 1 unspecified atom stereocenters. The number of fused-ring (bicyclic) bond motifs is 1. The molecule has 1 saturated heterocycles. The number of rotatable bonds is 5. The molecule has 7 nitrogen and oxygen atoms in total. The van der Waals surface area contributed by atoms with E-state index in [-0.39, 0.29) is 11.9 Å². The van der Waals surface area contributed by atoms with E-state index >= 15 is 0 Å². The summed E-state index contributed by atoms with van der Waals surface area (Å²) < 4.78 is 45.6. The van der Waals surface area contributed by atoms with E-state index in [1.165, 1.54) is 25.3 Å². The van der Waals surface area contributed by atoms with Gasteiger partial charge in [-0.3, -0.25) is 4.79 Å². The number of pyridine rings is 1. The highest BCUT2D eigenvalue weighted by atomic mass is 19.4. The fourth-order valence-electron chi connectivity index (χ4n) is 3.61. The standard InChI is InChI=1S/C21H20F3N5O2/c1-3-17(30)25-14-10-11-28(12-14)20-19-16(8-9-18(26-19)31-2)29(27-20)15-6-4-13(5-7-15)21(22,23)24/h3-9,14H,1,10-12H2,2H3,(H,25,30). The Balaban J connectivity index is 1.73. The van der Waals surface area contributed by atoms with Crippen molar-refractivity contribution < 1.29 is 22.7 Å². The van der Waals surface area contributed by atoms with Crippen LogP contribution in [0.25, 0.3) is 16.7 Å². The van der Waals surface area contributed by atoms with Gasteiger partial charge >= 0.3 is 6.18 Å². The molecule has 1 aromatic carbocycles. The Morgan fingerprint density at radius 2 is 2.00 bits per heavy atom. The number of anilines is 1. The van der Waals surface area contributed by atoms with Crippen LogP contribution in [0.2, 0.25) is 0 Å². The number of halogens is 3. The number of hydrogen-bond donors (Lipinski definition) is 1. The van der Waals surface area contributed by atoms with Crippen molar-refractivity contribution >= 4 is 22.8 Å². The van der Waals surface area contributed by atoms with Gasteiger partial charge in [-0.2, -0.15) is 13.2 Å². The number of nitrogens with one attached hydrogen (secondary N) is 1. The largest absolute Gasteiger partial charge is 0.481 e. The van der Waals surface area contributed by atoms with Crippen LogP contribution in [0.3, 0.4) is 0 Å². The Morgan fingerprint density at radius 3 is 2.65 bits per heavy atom. The molecule has 1 atom stereocenters. The lowest BCUT2D eigenvalue weighted by atomic mass is 10.2. The van der Waals surface area contributed by atoms with Crippen molar-refractivity contribution in [2.75, 3.05) is 25.1 Å². The molecule has 0 bridgehead atoms. The van der Waals surface area contributed by atoms with E-state index in [9.17, 15) is 18.0 Å². The van der Waals surface area contributed by atoms with E-state index < -0.39 is 11.7 Å². The molecule has 1 aliphatic rings. The fraction of sp³-hybridized carbons (Fsp3) is 0.286. The second-order valence-electron chi connectivity index (χ2n) is 7.15. The summed E-state index contributed by atoms with van der Waals surface area (Å²) in [5.41, 5.74) is 0.948. The molecule has 3 aromatic rings. The van der Waals surface area contributed by atoms with Crippen molar-refractivity contribution in [2.45, 2.75) is 18.6 Å². The number of carbonyl (C=O) groups is 1. The first-order valence-corrected chi connectivity index (χ1v) is 9.59. The van der Waals surface area contributed by atoms with Crippen molar-refractivity contribution in [1.82, 2.24) is 20.1 Å². The van der Waals surface area contributed by atoms with Crippen molar-refractivity contribution in [3.05, 3.63) is 54.6 Å². The Bertz CT molecular complexity index is 1120. The van der Waals surface area contributed by atoms with Crippen LogP contribution in [-0.2, 0) is 11.0 Å². The highest BCUT2D eigenvalue weighted by molar-refractivity contribution is 5.89. The average Bonchev–Trinajstić information content (AvgIpc) is 3.37. The molecule has 31 heavy (non-hydrogen) atoms. The maximum Gasteiger partial charge on any atom is 0.416 e. The third-order valence-electron chi connectivity index (χ3n) is 5.15. The summed E-state index contributed by atoms with van der Waals surface area (Å²) in [4.78, 5) is 18.1. The van der Waals surface area contributed by atoms with Gasteiger partial charge in [-0.25, -0.2) is 9.67 Å². The van der Waals surface area contributed by atoms with Gasteiger partial charge in [0.05, 0.1) is 23.9 Å². The van der Waals surface area contributed by atoms with E-state index in [0.717, 1.165) is 18.6 Å². The molecule has 0 spiro atoms. The van der Waals surface area contributed by atoms with E-state index in [1.54, 1.807) is 16.8 Å². The molecule has 1 N–H and O–H groups in total. The summed E-state index contributed by atoms with van der Waals surface area (Å²) in [6, 6.07) is 8.17. The highest BCUT2D eigenvalue weighted by Crippen LogP contribution is 2.33. The van der Waals surface area contributed by atoms with Gasteiger partial charge in [0.2, 0.25) is 11.8 Å². The van der Waals surface area contributed by atoms with Gasteiger partial charge in [0.1, 0.15) is 5.52 Å². The van der Waals surface area contributed by atoms with Crippen LogP contribution in [0, 0.1) is 0 Å². The zero-order chi connectivity index (χ0) is 22.2. The quantitative estimate of drug-likeness (QED) is 0.628. The average molecular weight is 431 g/mol. The maximum atomic E-state index is 12.9. The van der Waals surface area contributed by atoms with Gasteiger partial charge < -0.3 is 15.0 Å². The number of amides is 1. The topological polar surface area (TPSA) is 72.3 Å². The van der Waals surface area contributed by atoms with Gasteiger partial charge in [0.15, 0.2) is 5.82 Å². The second kappa shape index (κ2) is 7.93. The summed E-state index contributed by atoms with van der Waals surface area (Å²) in [5, 5.41) is 7.53. The van der Waals surface area contributed by atoms with Crippen LogP contribution in [0.4, 0.5) is 19.0 Å². The van der Waals surface area contributed by atoms with Gasteiger partial charge in [0.25, 0.3) is 0 Å². The predicted octanol–water partition coefficient (Wildman–Crippen LogP) is 3.33. The summed E-state index contributed by atoms with van der Waals surface area (Å²) in [5.74, 6) is 0.729. The van der Waals surface area contributed by atoms with Crippen molar-refractivity contribution in [3.8, 4) is 11.6 Å². The monoisotopic (exact) mass is 431 g/mol. The van der Waals surface area contributed by atoms with Crippen LogP contribution < -0.4 is 15.0 Å². The van der Waals surface area contributed by atoms with E-state index in [1.807, 2.05) is 4.90 Å². The van der Waals surface area contributed by atoms with Crippen LogP contribution in [-0.4, -0.2) is 46.9 Å². The molecular weight excluding hydrogens is 411 g/mol. The summed E-state index contributed by atoms with van der Waals surface area (Å²) in [6.45, 7) is 4.63. The maximum absolute atomic E-state index is 12.9. The molecule has 0 aliphatic carbocycles. The lowest BCUT2D eigenvalue weighted by molar-refractivity contribution is -0.137. The number of nitrogens with zero attached hydrogens (tertiary/aromatic N) is 4. The summed E-state index contributed by atoms with van der Waals surface area (Å²) >= 11 is 0. The molecule has 10 heteroatoms. The lowest BCUT2D eigenvalue weighted by Crippen LogP contribution is -2.36. The smallest absolute Gasteiger partial charge is 0.416 e. The van der Waals surface area contributed by atoms with Gasteiger partial charge in [0, 0.05) is 25.2 Å². The zero-order valence-electron chi connectivity index (χ0n) is 16.7. The predicted molar refractivity (Wildman–Crippen MR) is 109 cm³/mol. The first-order chi connectivity index (χ1) is 14.8. The van der Waals surface area contributed by atoms with Crippen molar-refractivity contribution in [1.29, 1.82) is 0 Å². The number of carbonyl (C=O) groups excluding carboxylic acids is 1. The van der Waals surface area contributed by atoms with E-state index in [0.29, 0.717) is 41.5 Å². The minimum Gasteiger partial charge on any atom is -0.481 e. The highest BCUT2D eigenvalue weighted by Gasteiger charge is 2.31. The number of hydrogen-bond acceptors (Lipinski definition) is 5. The van der Waals surface area contributed by atoms with E-state index in [2.05, 4.69) is 22.0 Å². The first kappa shape index (κ1) is 20.7. The van der Waals surface area contributed by atoms with Crippen LogP contribution in [0.15, 0.2) is 49.1 Å². The van der Waals surface area contributed by atoms with E-state index in [4.69, 9.17) is 4.74 Å². The Labute approximate surface area is 176 Å². The second-order valence-corrected chi connectivity index (χ2v) is 7.15. The Morgan fingerprint density at radius 1 is 1.26 bits per heavy atom.